The van der Waals surface area contributed by atoms with Crippen molar-refractivity contribution in [3.63, 3.8) is 0 Å². The smallest absolute Gasteiger partial charge is 0.153 e. The van der Waals surface area contributed by atoms with Crippen LogP contribution in [0.1, 0.15) is 12.0 Å². The third-order valence-corrected chi connectivity index (χ3v) is 5.13. The number of fused-ring (bicyclic) bond motifs is 1. The van der Waals surface area contributed by atoms with E-state index < -0.39 is 15.4 Å². The highest BCUT2D eigenvalue weighted by Gasteiger charge is 2.42. The maximum absolute atomic E-state index is 11.5. The molecule has 1 atom stereocenters. The number of hydrogen-bond donors (Lipinski definition) is 2. The molecule has 2 N–H and O–H groups in total. The third-order valence-electron chi connectivity index (χ3n) is 3.38. The van der Waals surface area contributed by atoms with Gasteiger partial charge in [-0.1, -0.05) is 12.1 Å². The van der Waals surface area contributed by atoms with Gasteiger partial charge in [-0.2, -0.15) is 0 Å². The molecular weight excluding hydrogens is 238 g/mol. The number of benzene rings is 1. The summed E-state index contributed by atoms with van der Waals surface area (Å²) in [6.45, 7) is 0. The Labute approximate surface area is 99.2 Å². The Balaban J connectivity index is 2.19. The fourth-order valence-electron chi connectivity index (χ4n) is 2.54. The first-order valence-corrected chi connectivity index (χ1v) is 7.32. The molecule has 3 rings (SSSR count). The molecule has 1 saturated heterocycles. The molecule has 0 amide bonds. The van der Waals surface area contributed by atoms with Crippen LogP contribution in [0.4, 0.5) is 0 Å². The first kappa shape index (κ1) is 10.8. The zero-order valence-corrected chi connectivity index (χ0v) is 10.00. The molecule has 0 bridgehead atoms. The van der Waals surface area contributed by atoms with E-state index in [1.54, 1.807) is 12.3 Å². The number of rotatable bonds is 1. The van der Waals surface area contributed by atoms with Gasteiger partial charge in [-0.15, -0.1) is 0 Å². The molecule has 0 radical (unpaired) electrons. The molecule has 0 saturated carbocycles. The van der Waals surface area contributed by atoms with Crippen LogP contribution in [0.3, 0.4) is 0 Å². The number of nitrogens with one attached hydrogen (secondary N) is 1. The Kier molecular flexibility index (Phi) is 2.12. The molecular formula is C12H13NO3S. The van der Waals surface area contributed by atoms with Gasteiger partial charge in [-0.25, -0.2) is 8.42 Å². The number of H-pyrrole nitrogens is 1. The van der Waals surface area contributed by atoms with Crippen molar-refractivity contribution in [2.45, 2.75) is 12.0 Å². The Morgan fingerprint density at radius 2 is 2.12 bits per heavy atom. The van der Waals surface area contributed by atoms with Gasteiger partial charge in [0.15, 0.2) is 9.84 Å². The van der Waals surface area contributed by atoms with Gasteiger partial charge in [-0.05, 0) is 24.1 Å². The van der Waals surface area contributed by atoms with E-state index in [1.165, 1.54) is 0 Å². The van der Waals surface area contributed by atoms with Crippen molar-refractivity contribution < 1.29 is 13.5 Å². The number of aromatic amines is 1. The summed E-state index contributed by atoms with van der Waals surface area (Å²) >= 11 is 0. The van der Waals surface area contributed by atoms with E-state index >= 15 is 0 Å². The fraction of sp³-hybridized carbons (Fsp3) is 0.333. The molecule has 0 aliphatic carbocycles. The van der Waals surface area contributed by atoms with E-state index in [2.05, 4.69) is 4.98 Å². The van der Waals surface area contributed by atoms with Crippen LogP contribution in [0.15, 0.2) is 30.5 Å². The predicted molar refractivity (Wildman–Crippen MR) is 65.5 cm³/mol. The quantitative estimate of drug-likeness (QED) is 0.799. The van der Waals surface area contributed by atoms with Crippen LogP contribution in [0.2, 0.25) is 0 Å². The topological polar surface area (TPSA) is 70.2 Å². The maximum Gasteiger partial charge on any atom is 0.153 e. The van der Waals surface area contributed by atoms with Crippen LogP contribution < -0.4 is 0 Å². The van der Waals surface area contributed by atoms with Gasteiger partial charge >= 0.3 is 0 Å². The summed E-state index contributed by atoms with van der Waals surface area (Å²) in [5.41, 5.74) is 0.387. The van der Waals surface area contributed by atoms with E-state index in [9.17, 15) is 13.5 Å². The van der Waals surface area contributed by atoms with Gasteiger partial charge in [0.2, 0.25) is 0 Å². The van der Waals surface area contributed by atoms with E-state index in [-0.39, 0.29) is 17.9 Å². The molecule has 5 heteroatoms. The van der Waals surface area contributed by atoms with Crippen LogP contribution in [0, 0.1) is 0 Å². The van der Waals surface area contributed by atoms with Gasteiger partial charge in [0, 0.05) is 17.1 Å². The van der Waals surface area contributed by atoms with Crippen LogP contribution in [0.25, 0.3) is 10.9 Å². The van der Waals surface area contributed by atoms with Crippen LogP contribution in [-0.2, 0) is 15.4 Å². The molecule has 90 valence electrons. The number of aromatic nitrogens is 1. The van der Waals surface area contributed by atoms with E-state index in [0.717, 1.165) is 10.9 Å². The van der Waals surface area contributed by atoms with Crippen LogP contribution in [0.5, 0.6) is 0 Å². The molecule has 2 aromatic rings. The summed E-state index contributed by atoms with van der Waals surface area (Å²) in [7, 11) is -3.11. The van der Waals surface area contributed by atoms with Crippen molar-refractivity contribution in [3.05, 3.63) is 36.0 Å². The predicted octanol–water partition coefficient (Wildman–Crippen LogP) is 1.17. The molecule has 0 spiro atoms. The molecule has 1 unspecified atom stereocenters. The first-order valence-electron chi connectivity index (χ1n) is 5.50. The minimum atomic E-state index is -3.11. The average Bonchev–Trinajstić information content (AvgIpc) is 2.82. The molecule has 1 aromatic heterocycles. The highest BCUT2D eigenvalue weighted by molar-refractivity contribution is 7.91. The highest BCUT2D eigenvalue weighted by atomic mass is 32.2. The minimum Gasteiger partial charge on any atom is -0.384 e. The van der Waals surface area contributed by atoms with Gasteiger partial charge < -0.3 is 10.1 Å². The lowest BCUT2D eigenvalue weighted by molar-refractivity contribution is 0.0669. The molecule has 4 nitrogen and oxygen atoms in total. The normalized spacial score (nSPS) is 27.6. The molecule has 1 aliphatic heterocycles. The molecule has 2 heterocycles. The van der Waals surface area contributed by atoms with Crippen molar-refractivity contribution >= 4 is 20.7 Å². The van der Waals surface area contributed by atoms with Crippen molar-refractivity contribution in [2.75, 3.05) is 11.5 Å². The highest BCUT2D eigenvalue weighted by Crippen LogP contribution is 2.37. The van der Waals surface area contributed by atoms with E-state index in [0.29, 0.717) is 5.56 Å². The Morgan fingerprint density at radius 1 is 1.29 bits per heavy atom. The average molecular weight is 251 g/mol. The fourth-order valence-corrected chi connectivity index (χ4v) is 4.36. The molecule has 1 aromatic carbocycles. The van der Waals surface area contributed by atoms with Crippen molar-refractivity contribution in [3.8, 4) is 0 Å². The largest absolute Gasteiger partial charge is 0.384 e. The Hall–Kier alpha value is -1.33. The van der Waals surface area contributed by atoms with E-state index in [4.69, 9.17) is 0 Å². The molecule has 17 heavy (non-hydrogen) atoms. The number of aliphatic hydroxyl groups is 1. The van der Waals surface area contributed by atoms with Crippen molar-refractivity contribution in [2.24, 2.45) is 0 Å². The lowest BCUT2D eigenvalue weighted by Crippen LogP contribution is -2.27. The zero-order valence-electron chi connectivity index (χ0n) is 9.18. The van der Waals surface area contributed by atoms with Crippen molar-refractivity contribution in [1.82, 2.24) is 4.98 Å². The maximum atomic E-state index is 11.5. The van der Waals surface area contributed by atoms with Crippen LogP contribution in [-0.4, -0.2) is 30.0 Å². The second kappa shape index (κ2) is 3.34. The van der Waals surface area contributed by atoms with Crippen LogP contribution >= 0.6 is 0 Å². The number of hydrogen-bond acceptors (Lipinski definition) is 3. The second-order valence-corrected chi connectivity index (χ2v) is 6.80. The van der Waals surface area contributed by atoms with Gasteiger partial charge in [0.1, 0.15) is 5.60 Å². The molecule has 1 aliphatic rings. The summed E-state index contributed by atoms with van der Waals surface area (Å²) in [6, 6.07) is 7.41. The lowest BCUT2D eigenvalue weighted by Gasteiger charge is -2.22. The first-order chi connectivity index (χ1) is 8.00. The molecule has 1 fully saturated rings. The summed E-state index contributed by atoms with van der Waals surface area (Å²) in [5.74, 6) is -0.116. The van der Waals surface area contributed by atoms with Gasteiger partial charge in [0.05, 0.1) is 11.5 Å². The minimum absolute atomic E-state index is 0.0598. The van der Waals surface area contributed by atoms with Gasteiger partial charge in [-0.3, -0.25) is 0 Å². The number of sulfone groups is 1. The van der Waals surface area contributed by atoms with Gasteiger partial charge in [0.25, 0.3) is 0 Å². The lowest BCUT2D eigenvalue weighted by atomic mass is 9.91. The standard InChI is InChI=1S/C12H13NO3S/c14-12(5-7-17(15,16)8-12)10-2-1-3-11-9(10)4-6-13-11/h1-4,6,13-14H,5,7-8H2. The monoisotopic (exact) mass is 251 g/mol. The third kappa shape index (κ3) is 1.66. The van der Waals surface area contributed by atoms with Crippen molar-refractivity contribution in [1.29, 1.82) is 0 Å². The summed E-state index contributed by atoms with van der Waals surface area (Å²) in [6.07, 6.45) is 2.07. The summed E-state index contributed by atoms with van der Waals surface area (Å²) in [5, 5.41) is 11.4. The summed E-state index contributed by atoms with van der Waals surface area (Å²) in [4.78, 5) is 3.06. The summed E-state index contributed by atoms with van der Waals surface area (Å²) < 4.78 is 23.1. The second-order valence-electron chi connectivity index (χ2n) is 4.62. The SMILES string of the molecule is O=S1(=O)CCC(O)(c2cccc3[nH]ccc23)C1. The zero-order chi connectivity index (χ0) is 12.1. The Bertz CT molecular complexity index is 674. The Morgan fingerprint density at radius 3 is 2.82 bits per heavy atom. The van der Waals surface area contributed by atoms with E-state index in [1.807, 2.05) is 18.2 Å².